The largest absolute Gasteiger partial charge is 0.457 e. The van der Waals surface area contributed by atoms with Gasteiger partial charge in [0.2, 0.25) is 0 Å². The molecule has 0 bridgehead atoms. The van der Waals surface area contributed by atoms with Gasteiger partial charge in [-0.25, -0.2) is 19.2 Å². The van der Waals surface area contributed by atoms with Crippen molar-refractivity contribution in [3.8, 4) is 11.1 Å². The third-order valence-electron chi connectivity index (χ3n) is 9.21. The first-order valence-corrected chi connectivity index (χ1v) is 20.5. The van der Waals surface area contributed by atoms with Crippen molar-refractivity contribution in [2.75, 3.05) is 0 Å². The Morgan fingerprint density at radius 1 is 0.393 bits per heavy atom. The molecule has 0 amide bonds. The minimum Gasteiger partial charge on any atom is -0.457 e. The highest BCUT2D eigenvalue weighted by Crippen LogP contribution is 2.56. The van der Waals surface area contributed by atoms with E-state index in [0.29, 0.717) is 22.3 Å². The van der Waals surface area contributed by atoms with E-state index in [4.69, 9.17) is 18.9 Å². The van der Waals surface area contributed by atoms with Gasteiger partial charge in [0, 0.05) is 24.3 Å². The molecule has 0 fully saturated rings. The average Bonchev–Trinajstić information content (AvgIpc) is 3.43. The standard InChI is InChI=1S/C53H58O8/c1-49(2,3)58-45(54)29-23-35-21-27-39(33-37(35)25-31-47(56)60-51(7,8)9)53(43-19-15-13-17-41(43)42-18-14-16-20-44(42)53)40-28-22-36(24-30-46(55)59-50(4,5)6)38(34-40)26-32-48(57)61-52(10,11)12/h13-34H,1-12H3. The molecule has 318 valence electrons. The van der Waals surface area contributed by atoms with Crippen LogP contribution in [-0.2, 0) is 43.5 Å². The molecule has 4 aromatic carbocycles. The number of hydrogen-bond acceptors (Lipinski definition) is 8. The van der Waals surface area contributed by atoms with Gasteiger partial charge in [-0.05, 0) is 175 Å². The second-order valence-corrected chi connectivity index (χ2v) is 19.0. The van der Waals surface area contributed by atoms with E-state index < -0.39 is 51.7 Å². The third-order valence-corrected chi connectivity index (χ3v) is 9.21. The zero-order valence-electron chi connectivity index (χ0n) is 37.5. The Balaban J connectivity index is 1.80. The molecule has 0 radical (unpaired) electrons. The van der Waals surface area contributed by atoms with Crippen LogP contribution in [0.25, 0.3) is 35.4 Å². The number of ether oxygens (including phenoxy) is 4. The molecule has 0 N–H and O–H groups in total. The van der Waals surface area contributed by atoms with Gasteiger partial charge in [-0.2, -0.15) is 0 Å². The van der Waals surface area contributed by atoms with Gasteiger partial charge >= 0.3 is 23.9 Å². The molecular formula is C53H58O8. The first-order valence-electron chi connectivity index (χ1n) is 20.5. The zero-order valence-corrected chi connectivity index (χ0v) is 37.5. The van der Waals surface area contributed by atoms with Gasteiger partial charge in [0.25, 0.3) is 0 Å². The number of carbonyl (C=O) groups excluding carboxylic acids is 4. The van der Waals surface area contributed by atoms with Gasteiger partial charge in [-0.15, -0.1) is 0 Å². The summed E-state index contributed by atoms with van der Waals surface area (Å²) in [6, 6.07) is 28.5. The monoisotopic (exact) mass is 822 g/mol. The topological polar surface area (TPSA) is 105 Å². The number of esters is 4. The van der Waals surface area contributed by atoms with Crippen LogP contribution in [0.2, 0.25) is 0 Å². The van der Waals surface area contributed by atoms with Gasteiger partial charge in [-0.3, -0.25) is 0 Å². The summed E-state index contributed by atoms with van der Waals surface area (Å²) in [6.45, 7) is 21.7. The zero-order chi connectivity index (χ0) is 45.0. The maximum absolute atomic E-state index is 13.1. The van der Waals surface area contributed by atoms with E-state index in [0.717, 1.165) is 33.4 Å². The molecule has 0 atom stereocenters. The Kier molecular flexibility index (Phi) is 13.3. The molecular weight excluding hydrogens is 765 g/mol. The fourth-order valence-electron chi connectivity index (χ4n) is 7.21. The molecule has 0 unspecified atom stereocenters. The van der Waals surface area contributed by atoms with Crippen molar-refractivity contribution in [1.82, 2.24) is 0 Å². The molecule has 1 aliphatic carbocycles. The van der Waals surface area contributed by atoms with Crippen molar-refractivity contribution in [1.29, 1.82) is 0 Å². The lowest BCUT2D eigenvalue weighted by Crippen LogP contribution is -2.29. The lowest BCUT2D eigenvalue weighted by Gasteiger charge is -2.34. The van der Waals surface area contributed by atoms with Crippen LogP contribution in [0.4, 0.5) is 0 Å². The normalized spacial score (nSPS) is 14.0. The summed E-state index contributed by atoms with van der Waals surface area (Å²) in [7, 11) is 0. The molecule has 5 rings (SSSR count). The van der Waals surface area contributed by atoms with Crippen molar-refractivity contribution in [2.45, 2.75) is 111 Å². The minimum atomic E-state index is -0.920. The number of carbonyl (C=O) groups is 4. The third kappa shape index (κ3) is 11.9. The molecule has 0 saturated carbocycles. The second-order valence-electron chi connectivity index (χ2n) is 19.0. The first kappa shape index (κ1) is 45.8. The van der Waals surface area contributed by atoms with Crippen LogP contribution in [0, 0.1) is 0 Å². The fraction of sp³-hybridized carbons (Fsp3) is 0.321. The summed E-state index contributed by atoms with van der Waals surface area (Å²) in [5.74, 6) is -2.02. The SMILES string of the molecule is CC(C)(C)OC(=O)C=Cc1ccc(C2(c3ccc(C=CC(=O)OC(C)(C)C)c(C=CC(=O)OC(C)(C)C)c3)c3ccccc3-c3ccccc32)cc1C=CC(=O)OC(C)(C)C. The Hall–Kier alpha value is -6.28. The molecule has 8 heteroatoms. The van der Waals surface area contributed by atoms with Crippen molar-refractivity contribution < 1.29 is 38.1 Å². The number of benzene rings is 4. The van der Waals surface area contributed by atoms with E-state index in [1.54, 1.807) is 24.3 Å². The molecule has 4 aromatic rings. The van der Waals surface area contributed by atoms with Crippen molar-refractivity contribution in [3.63, 3.8) is 0 Å². The molecule has 0 spiro atoms. The fourth-order valence-corrected chi connectivity index (χ4v) is 7.21. The summed E-state index contributed by atoms with van der Waals surface area (Å²) >= 11 is 0. The van der Waals surface area contributed by atoms with Gasteiger partial charge in [0.05, 0.1) is 5.41 Å². The molecule has 0 aliphatic heterocycles. The average molecular weight is 823 g/mol. The minimum absolute atomic E-state index is 0.499. The summed E-state index contributed by atoms with van der Waals surface area (Å²) in [6.07, 6.45) is 12.3. The van der Waals surface area contributed by atoms with Gasteiger partial charge < -0.3 is 18.9 Å². The first-order chi connectivity index (χ1) is 28.3. The van der Waals surface area contributed by atoms with E-state index in [9.17, 15) is 19.2 Å². The summed E-state index contributed by atoms with van der Waals surface area (Å²) < 4.78 is 22.4. The Labute approximate surface area is 361 Å². The predicted octanol–water partition coefficient (Wildman–Crippen LogP) is 11.5. The van der Waals surface area contributed by atoms with Crippen molar-refractivity contribution in [3.05, 3.63) is 154 Å². The molecule has 8 nitrogen and oxygen atoms in total. The molecule has 0 heterocycles. The maximum Gasteiger partial charge on any atom is 0.331 e. The van der Waals surface area contributed by atoms with Crippen molar-refractivity contribution >= 4 is 48.2 Å². The Morgan fingerprint density at radius 2 is 0.672 bits per heavy atom. The number of hydrogen-bond donors (Lipinski definition) is 0. The molecule has 1 aliphatic rings. The van der Waals surface area contributed by atoms with Crippen LogP contribution in [0.1, 0.15) is 128 Å². The molecule has 61 heavy (non-hydrogen) atoms. The highest BCUT2D eigenvalue weighted by molar-refractivity contribution is 5.93. The molecule has 0 aromatic heterocycles. The summed E-state index contributed by atoms with van der Waals surface area (Å²) in [5, 5.41) is 0. The van der Waals surface area contributed by atoms with Crippen LogP contribution < -0.4 is 0 Å². The Morgan fingerprint density at radius 3 is 0.967 bits per heavy atom. The van der Waals surface area contributed by atoms with E-state index in [1.807, 2.05) is 144 Å². The van der Waals surface area contributed by atoms with Crippen LogP contribution in [-0.4, -0.2) is 46.3 Å². The van der Waals surface area contributed by atoms with Gasteiger partial charge in [0.1, 0.15) is 22.4 Å². The Bertz CT molecular complexity index is 2260. The smallest absolute Gasteiger partial charge is 0.331 e. The maximum atomic E-state index is 13.1. The summed E-state index contributed by atoms with van der Waals surface area (Å²) in [4.78, 5) is 51.8. The molecule has 0 saturated heterocycles. The lowest BCUT2D eigenvalue weighted by molar-refractivity contribution is -0.149. The van der Waals surface area contributed by atoms with E-state index in [-0.39, 0.29) is 0 Å². The highest BCUT2D eigenvalue weighted by Gasteiger charge is 2.46. The van der Waals surface area contributed by atoms with Crippen LogP contribution in [0.15, 0.2) is 109 Å². The summed E-state index contributed by atoms with van der Waals surface area (Å²) in [5.41, 5.74) is 4.89. The van der Waals surface area contributed by atoms with E-state index in [1.165, 1.54) is 24.3 Å². The van der Waals surface area contributed by atoms with Crippen LogP contribution >= 0.6 is 0 Å². The lowest BCUT2D eigenvalue weighted by atomic mass is 9.67. The van der Waals surface area contributed by atoms with Crippen LogP contribution in [0.3, 0.4) is 0 Å². The van der Waals surface area contributed by atoms with Gasteiger partial charge in [0.15, 0.2) is 0 Å². The van der Waals surface area contributed by atoms with Gasteiger partial charge in [-0.1, -0.05) is 72.8 Å². The second kappa shape index (κ2) is 17.7. The quantitative estimate of drug-likeness (QED) is 0.0779. The van der Waals surface area contributed by atoms with Crippen LogP contribution in [0.5, 0.6) is 0 Å². The predicted molar refractivity (Wildman–Crippen MR) is 243 cm³/mol. The number of rotatable bonds is 10. The van der Waals surface area contributed by atoms with E-state index in [2.05, 4.69) is 24.3 Å². The van der Waals surface area contributed by atoms with Crippen molar-refractivity contribution in [2.24, 2.45) is 0 Å². The highest BCUT2D eigenvalue weighted by atomic mass is 16.6. The number of fused-ring (bicyclic) bond motifs is 3. The van der Waals surface area contributed by atoms with E-state index >= 15 is 0 Å².